The molecule has 0 radical (unpaired) electrons. The number of benzene rings is 2. The Bertz CT molecular complexity index is 868. The number of anilines is 1. The molecular formula is C20H22N2O6. The summed E-state index contributed by atoms with van der Waals surface area (Å²) in [5, 5.41) is 6.64. The Morgan fingerprint density at radius 2 is 1.82 bits per heavy atom. The Morgan fingerprint density at radius 1 is 1.07 bits per heavy atom. The fourth-order valence-electron chi connectivity index (χ4n) is 2.53. The average molecular weight is 386 g/mol. The molecular weight excluding hydrogens is 364 g/mol. The van der Waals surface area contributed by atoms with Gasteiger partial charge in [0, 0.05) is 17.3 Å². The van der Waals surface area contributed by atoms with Crippen molar-refractivity contribution in [1.29, 1.82) is 0 Å². The van der Waals surface area contributed by atoms with Gasteiger partial charge in [-0.05, 0) is 37.3 Å². The van der Waals surface area contributed by atoms with Gasteiger partial charge in [-0.25, -0.2) is 0 Å². The molecule has 1 atom stereocenters. The number of amides is 1. The van der Waals surface area contributed by atoms with Crippen LogP contribution in [0.1, 0.15) is 12.5 Å². The van der Waals surface area contributed by atoms with E-state index < -0.39 is 6.10 Å². The lowest BCUT2D eigenvalue weighted by atomic mass is 10.2. The van der Waals surface area contributed by atoms with E-state index in [1.807, 2.05) is 0 Å². The van der Waals surface area contributed by atoms with E-state index in [0.717, 1.165) is 5.56 Å². The zero-order chi connectivity index (χ0) is 19.9. The second-order valence-corrected chi connectivity index (χ2v) is 5.94. The van der Waals surface area contributed by atoms with E-state index in [0.29, 0.717) is 41.9 Å². The molecule has 1 aliphatic rings. The topological polar surface area (TPSA) is 87.6 Å². The van der Waals surface area contributed by atoms with Gasteiger partial charge in [0.15, 0.2) is 23.0 Å². The van der Waals surface area contributed by atoms with Crippen LogP contribution in [0.15, 0.2) is 41.6 Å². The first kappa shape index (κ1) is 19.3. The molecule has 2 aromatic rings. The number of fused-ring (bicyclic) bond motifs is 1. The first-order valence-corrected chi connectivity index (χ1v) is 8.72. The molecule has 148 valence electrons. The third kappa shape index (κ3) is 4.64. The average Bonchev–Trinajstić information content (AvgIpc) is 2.73. The van der Waals surface area contributed by atoms with Crippen LogP contribution in [-0.2, 0) is 9.63 Å². The van der Waals surface area contributed by atoms with Gasteiger partial charge in [-0.3, -0.25) is 4.79 Å². The van der Waals surface area contributed by atoms with Crippen molar-refractivity contribution in [2.24, 2.45) is 5.16 Å². The summed E-state index contributed by atoms with van der Waals surface area (Å²) in [6.45, 7) is 2.61. The minimum absolute atomic E-state index is 0.332. The Kier molecular flexibility index (Phi) is 6.21. The molecule has 0 saturated carbocycles. The molecule has 0 fully saturated rings. The van der Waals surface area contributed by atoms with Crippen LogP contribution in [-0.4, -0.2) is 45.7 Å². The van der Waals surface area contributed by atoms with Crippen molar-refractivity contribution in [3.05, 3.63) is 42.0 Å². The molecule has 0 spiro atoms. The summed E-state index contributed by atoms with van der Waals surface area (Å²) in [6.07, 6.45) is 0.708. The number of methoxy groups -OCH3 is 2. The van der Waals surface area contributed by atoms with E-state index in [9.17, 15) is 4.79 Å². The molecule has 0 saturated heterocycles. The normalized spacial score (nSPS) is 13.7. The molecule has 2 aromatic carbocycles. The standard InChI is InChI=1S/C20H22N2O6/c1-13(28-21-12-14-4-6-16(24-2)18(10-14)25-3)20(23)22-15-5-7-17-19(11-15)27-9-8-26-17/h4-7,10-13H,8-9H2,1-3H3,(H,22,23)/b21-12-/t13-/m0/s1. The minimum Gasteiger partial charge on any atom is -0.493 e. The van der Waals surface area contributed by atoms with Gasteiger partial charge in [-0.1, -0.05) is 5.16 Å². The van der Waals surface area contributed by atoms with Crippen molar-refractivity contribution < 1.29 is 28.6 Å². The molecule has 0 aliphatic carbocycles. The van der Waals surface area contributed by atoms with Crippen molar-refractivity contribution in [2.45, 2.75) is 13.0 Å². The molecule has 8 heteroatoms. The summed E-state index contributed by atoms with van der Waals surface area (Å²) in [5.41, 5.74) is 1.34. The third-order valence-corrected chi connectivity index (χ3v) is 4.01. The number of ether oxygens (including phenoxy) is 4. The van der Waals surface area contributed by atoms with Gasteiger partial charge in [0.25, 0.3) is 5.91 Å². The first-order chi connectivity index (χ1) is 13.6. The predicted octanol–water partition coefficient (Wildman–Crippen LogP) is 2.85. The van der Waals surface area contributed by atoms with Crippen LogP contribution in [0, 0.1) is 0 Å². The van der Waals surface area contributed by atoms with Gasteiger partial charge in [0.05, 0.1) is 20.4 Å². The molecule has 1 N–H and O–H groups in total. The van der Waals surface area contributed by atoms with Gasteiger partial charge in [0.1, 0.15) is 13.2 Å². The number of oxime groups is 1. The van der Waals surface area contributed by atoms with Crippen molar-refractivity contribution in [2.75, 3.05) is 32.8 Å². The maximum absolute atomic E-state index is 12.3. The van der Waals surface area contributed by atoms with Gasteiger partial charge in [0.2, 0.25) is 6.10 Å². The zero-order valence-corrected chi connectivity index (χ0v) is 15.9. The van der Waals surface area contributed by atoms with Crippen molar-refractivity contribution in [1.82, 2.24) is 0 Å². The van der Waals surface area contributed by atoms with E-state index >= 15 is 0 Å². The smallest absolute Gasteiger partial charge is 0.267 e. The number of carbonyl (C=O) groups is 1. The Morgan fingerprint density at radius 3 is 2.57 bits per heavy atom. The second kappa shape index (κ2) is 8.98. The molecule has 3 rings (SSSR count). The molecule has 0 unspecified atom stereocenters. The molecule has 8 nitrogen and oxygen atoms in total. The molecule has 0 bridgehead atoms. The highest BCUT2D eigenvalue weighted by Crippen LogP contribution is 2.32. The van der Waals surface area contributed by atoms with Crippen LogP contribution in [0.5, 0.6) is 23.0 Å². The lowest BCUT2D eigenvalue weighted by Crippen LogP contribution is -2.26. The molecule has 1 aliphatic heterocycles. The zero-order valence-electron chi connectivity index (χ0n) is 15.9. The van der Waals surface area contributed by atoms with E-state index in [1.165, 1.54) is 6.21 Å². The molecule has 28 heavy (non-hydrogen) atoms. The van der Waals surface area contributed by atoms with E-state index in [1.54, 1.807) is 57.5 Å². The maximum atomic E-state index is 12.3. The monoisotopic (exact) mass is 386 g/mol. The largest absolute Gasteiger partial charge is 0.493 e. The first-order valence-electron chi connectivity index (χ1n) is 8.72. The number of rotatable bonds is 7. The lowest BCUT2D eigenvalue weighted by molar-refractivity contribution is -0.126. The highest BCUT2D eigenvalue weighted by Gasteiger charge is 2.17. The van der Waals surface area contributed by atoms with E-state index in [-0.39, 0.29) is 5.91 Å². The van der Waals surface area contributed by atoms with Crippen LogP contribution in [0.4, 0.5) is 5.69 Å². The van der Waals surface area contributed by atoms with Crippen LogP contribution >= 0.6 is 0 Å². The second-order valence-electron chi connectivity index (χ2n) is 5.94. The molecule has 1 amide bonds. The third-order valence-electron chi connectivity index (χ3n) is 4.01. The van der Waals surface area contributed by atoms with Crippen LogP contribution in [0.25, 0.3) is 0 Å². The van der Waals surface area contributed by atoms with E-state index in [2.05, 4.69) is 10.5 Å². The van der Waals surface area contributed by atoms with Crippen molar-refractivity contribution >= 4 is 17.8 Å². The van der Waals surface area contributed by atoms with E-state index in [4.69, 9.17) is 23.8 Å². The van der Waals surface area contributed by atoms with Gasteiger partial charge >= 0.3 is 0 Å². The fraction of sp³-hybridized carbons (Fsp3) is 0.300. The summed E-state index contributed by atoms with van der Waals surface area (Å²) in [4.78, 5) is 17.5. The SMILES string of the molecule is COc1ccc(/C=N\O[C@@H](C)C(=O)Nc2ccc3c(c2)OCCO3)cc1OC. The summed E-state index contributed by atoms with van der Waals surface area (Å²) in [7, 11) is 3.12. The van der Waals surface area contributed by atoms with Gasteiger partial charge < -0.3 is 29.1 Å². The van der Waals surface area contributed by atoms with Crippen LogP contribution < -0.4 is 24.3 Å². The number of hydrogen-bond donors (Lipinski definition) is 1. The quantitative estimate of drug-likeness (QED) is 0.582. The van der Waals surface area contributed by atoms with Gasteiger partial charge in [-0.2, -0.15) is 0 Å². The van der Waals surface area contributed by atoms with Gasteiger partial charge in [-0.15, -0.1) is 0 Å². The summed E-state index contributed by atoms with van der Waals surface area (Å²) >= 11 is 0. The molecule has 0 aromatic heterocycles. The summed E-state index contributed by atoms with van der Waals surface area (Å²) in [6, 6.07) is 10.5. The van der Waals surface area contributed by atoms with Crippen molar-refractivity contribution in [3.63, 3.8) is 0 Å². The Labute approximate surface area is 163 Å². The number of carbonyl (C=O) groups excluding carboxylic acids is 1. The number of hydrogen-bond acceptors (Lipinski definition) is 7. The van der Waals surface area contributed by atoms with Crippen LogP contribution in [0.3, 0.4) is 0 Å². The van der Waals surface area contributed by atoms with Crippen LogP contribution in [0.2, 0.25) is 0 Å². The molecule has 1 heterocycles. The lowest BCUT2D eigenvalue weighted by Gasteiger charge is -2.19. The Balaban J connectivity index is 1.56. The Hall–Kier alpha value is -3.42. The number of nitrogens with zero attached hydrogens (tertiary/aromatic N) is 1. The fourth-order valence-corrected chi connectivity index (χ4v) is 2.53. The predicted molar refractivity (Wildman–Crippen MR) is 104 cm³/mol. The van der Waals surface area contributed by atoms with Crippen molar-refractivity contribution in [3.8, 4) is 23.0 Å². The summed E-state index contributed by atoms with van der Waals surface area (Å²) in [5.74, 6) is 2.13. The maximum Gasteiger partial charge on any atom is 0.267 e. The minimum atomic E-state index is -0.787. The summed E-state index contributed by atoms with van der Waals surface area (Å²) < 4.78 is 21.4. The highest BCUT2D eigenvalue weighted by atomic mass is 16.6. The number of nitrogens with one attached hydrogen (secondary N) is 1. The highest BCUT2D eigenvalue weighted by molar-refractivity contribution is 5.94.